The molecular weight excluding hydrogens is 408 g/mol. The third-order valence-corrected chi connectivity index (χ3v) is 7.00. The molecule has 3 heterocycles. The lowest BCUT2D eigenvalue weighted by Crippen LogP contribution is -2.36. The maximum absolute atomic E-state index is 6.52. The van der Waals surface area contributed by atoms with Gasteiger partial charge in [-0.2, -0.15) is 0 Å². The number of nitrogens with zero attached hydrogens (tertiary/aromatic N) is 2. The average molecular weight is 443 g/mol. The van der Waals surface area contributed by atoms with Crippen LogP contribution >= 0.6 is 11.6 Å². The number of hydrogen-bond acceptors (Lipinski definition) is 5. The minimum absolute atomic E-state index is 0.0375. The van der Waals surface area contributed by atoms with E-state index in [0.29, 0.717) is 22.9 Å². The first-order valence-corrected chi connectivity index (χ1v) is 12.0. The summed E-state index contributed by atoms with van der Waals surface area (Å²) in [4.78, 5) is 9.44. The van der Waals surface area contributed by atoms with Crippen molar-refractivity contribution in [2.75, 3.05) is 18.5 Å². The van der Waals surface area contributed by atoms with E-state index in [-0.39, 0.29) is 5.60 Å². The van der Waals surface area contributed by atoms with Crippen LogP contribution in [0.4, 0.5) is 5.82 Å². The summed E-state index contributed by atoms with van der Waals surface area (Å²) in [6.45, 7) is 6.07. The van der Waals surface area contributed by atoms with Gasteiger partial charge in [0.1, 0.15) is 5.82 Å². The first-order valence-electron chi connectivity index (χ1n) is 11.6. The van der Waals surface area contributed by atoms with Crippen LogP contribution in [0.25, 0.3) is 11.3 Å². The van der Waals surface area contributed by atoms with Crippen molar-refractivity contribution in [1.82, 2.24) is 9.97 Å². The molecule has 0 spiro atoms. The van der Waals surface area contributed by atoms with Gasteiger partial charge in [-0.15, -0.1) is 0 Å². The summed E-state index contributed by atoms with van der Waals surface area (Å²) >= 11 is 6.52. The number of nitrogens with one attached hydrogen (secondary N) is 1. The molecule has 1 saturated carbocycles. The Bertz CT molecular complexity index is 880. The van der Waals surface area contributed by atoms with Crippen LogP contribution in [0.5, 0.6) is 0 Å². The molecule has 6 heteroatoms. The Morgan fingerprint density at radius 1 is 1.16 bits per heavy atom. The third-order valence-electron chi connectivity index (χ3n) is 6.70. The molecule has 1 aliphatic carbocycles. The Hall–Kier alpha value is -1.69. The van der Waals surface area contributed by atoms with Crippen LogP contribution < -0.4 is 11.1 Å². The molecule has 0 bridgehead atoms. The highest BCUT2D eigenvalue weighted by Gasteiger charge is 2.28. The summed E-state index contributed by atoms with van der Waals surface area (Å²) < 4.78 is 5.84. The molecular formula is C25H35ClN4O. The molecule has 1 aliphatic heterocycles. The summed E-state index contributed by atoms with van der Waals surface area (Å²) in [6, 6.07) is 8.57. The number of anilines is 1. The van der Waals surface area contributed by atoms with Gasteiger partial charge in [-0.05, 0) is 88.8 Å². The SMILES string of the molecule is CC1(C)C[C@H](CNc2cccc(-c3cc(CC4CCC(N)CC4)ncc3Cl)n2)CCO1. The van der Waals surface area contributed by atoms with Gasteiger partial charge in [-0.25, -0.2) is 4.98 Å². The van der Waals surface area contributed by atoms with E-state index >= 15 is 0 Å². The summed E-state index contributed by atoms with van der Waals surface area (Å²) in [5.41, 5.74) is 8.95. The fraction of sp³-hybridized carbons (Fsp3) is 0.600. The summed E-state index contributed by atoms with van der Waals surface area (Å²) in [5.74, 6) is 2.14. The van der Waals surface area contributed by atoms with Gasteiger partial charge in [0.15, 0.2) is 0 Å². The summed E-state index contributed by atoms with van der Waals surface area (Å²) in [6.07, 6.45) is 9.49. The largest absolute Gasteiger partial charge is 0.376 e. The first kappa shape index (κ1) is 22.5. The van der Waals surface area contributed by atoms with Crippen molar-refractivity contribution in [2.45, 2.75) is 70.4 Å². The van der Waals surface area contributed by atoms with E-state index in [1.165, 1.54) is 12.8 Å². The molecule has 1 saturated heterocycles. The second kappa shape index (κ2) is 9.85. The van der Waals surface area contributed by atoms with Crippen molar-refractivity contribution < 1.29 is 4.74 Å². The van der Waals surface area contributed by atoms with Crippen LogP contribution in [0.1, 0.15) is 58.1 Å². The molecule has 1 atom stereocenters. The number of halogens is 1. The molecule has 31 heavy (non-hydrogen) atoms. The van der Waals surface area contributed by atoms with Crippen LogP contribution in [-0.4, -0.2) is 34.8 Å². The van der Waals surface area contributed by atoms with Crippen LogP contribution in [0.15, 0.2) is 30.5 Å². The van der Waals surface area contributed by atoms with Gasteiger partial charge in [0, 0.05) is 36.6 Å². The van der Waals surface area contributed by atoms with Gasteiger partial charge < -0.3 is 15.8 Å². The smallest absolute Gasteiger partial charge is 0.126 e. The van der Waals surface area contributed by atoms with E-state index in [1.807, 2.05) is 18.2 Å². The standard InChI is InChI=1S/C25H35ClN4O/c1-25(2)14-18(10-11-31-25)15-29-24-5-3-4-23(30-24)21-13-20(28-16-22(21)26)12-17-6-8-19(27)9-7-17/h3-5,13,16-19H,6-12,14-15,27H2,1-2H3,(H,29,30)/t17?,18-,19?/m1/s1. The Balaban J connectivity index is 1.43. The number of nitrogens with two attached hydrogens (primary N) is 1. The Labute approximate surface area is 191 Å². The molecule has 168 valence electrons. The molecule has 2 aliphatic rings. The molecule has 2 fully saturated rings. The van der Waals surface area contributed by atoms with E-state index in [0.717, 1.165) is 68.0 Å². The van der Waals surface area contributed by atoms with E-state index in [1.54, 1.807) is 6.20 Å². The van der Waals surface area contributed by atoms with E-state index in [2.05, 4.69) is 30.2 Å². The number of aromatic nitrogens is 2. The van der Waals surface area contributed by atoms with Crippen molar-refractivity contribution in [3.8, 4) is 11.3 Å². The zero-order valence-electron chi connectivity index (χ0n) is 18.7. The fourth-order valence-electron chi connectivity index (χ4n) is 4.94. The lowest BCUT2D eigenvalue weighted by Gasteiger charge is -2.35. The maximum atomic E-state index is 6.52. The van der Waals surface area contributed by atoms with Crippen molar-refractivity contribution in [3.63, 3.8) is 0 Å². The van der Waals surface area contributed by atoms with Gasteiger partial charge in [-0.1, -0.05) is 17.7 Å². The topological polar surface area (TPSA) is 73.1 Å². The maximum Gasteiger partial charge on any atom is 0.126 e. The predicted molar refractivity (Wildman–Crippen MR) is 127 cm³/mol. The van der Waals surface area contributed by atoms with Gasteiger partial charge in [0.25, 0.3) is 0 Å². The Kier molecular flexibility index (Phi) is 7.15. The Morgan fingerprint density at radius 3 is 2.74 bits per heavy atom. The molecule has 5 nitrogen and oxygen atoms in total. The van der Waals surface area contributed by atoms with Crippen molar-refractivity contribution >= 4 is 17.4 Å². The lowest BCUT2D eigenvalue weighted by atomic mass is 9.83. The van der Waals surface area contributed by atoms with E-state index in [9.17, 15) is 0 Å². The Morgan fingerprint density at radius 2 is 1.97 bits per heavy atom. The van der Waals surface area contributed by atoms with Crippen LogP contribution in [0.3, 0.4) is 0 Å². The van der Waals surface area contributed by atoms with Crippen molar-refractivity contribution in [3.05, 3.63) is 41.2 Å². The first-order chi connectivity index (χ1) is 14.9. The van der Waals surface area contributed by atoms with Gasteiger partial charge in [-0.3, -0.25) is 4.98 Å². The monoisotopic (exact) mass is 442 g/mol. The van der Waals surface area contributed by atoms with Crippen molar-refractivity contribution in [2.24, 2.45) is 17.6 Å². The van der Waals surface area contributed by atoms with Crippen LogP contribution in [-0.2, 0) is 11.2 Å². The predicted octanol–water partition coefficient (Wildman–Crippen LogP) is 5.47. The molecule has 2 aromatic heterocycles. The van der Waals surface area contributed by atoms with E-state index in [4.69, 9.17) is 27.1 Å². The summed E-state index contributed by atoms with van der Waals surface area (Å²) in [5, 5.41) is 4.17. The molecule has 3 N–H and O–H groups in total. The fourth-order valence-corrected chi connectivity index (χ4v) is 5.14. The molecule has 0 radical (unpaired) electrons. The number of hydrogen-bond donors (Lipinski definition) is 2. The van der Waals surface area contributed by atoms with Crippen LogP contribution in [0.2, 0.25) is 5.02 Å². The minimum Gasteiger partial charge on any atom is -0.376 e. The van der Waals surface area contributed by atoms with Gasteiger partial charge in [0.05, 0.1) is 16.3 Å². The van der Waals surface area contributed by atoms with Gasteiger partial charge in [0.2, 0.25) is 0 Å². The highest BCUT2D eigenvalue weighted by Crippen LogP contribution is 2.31. The van der Waals surface area contributed by atoms with E-state index < -0.39 is 0 Å². The minimum atomic E-state index is -0.0375. The second-order valence-corrected chi connectivity index (χ2v) is 10.3. The van der Waals surface area contributed by atoms with Crippen LogP contribution in [0, 0.1) is 11.8 Å². The molecule has 2 aromatic rings. The summed E-state index contributed by atoms with van der Waals surface area (Å²) in [7, 11) is 0. The quantitative estimate of drug-likeness (QED) is 0.620. The second-order valence-electron chi connectivity index (χ2n) is 9.90. The van der Waals surface area contributed by atoms with Crippen molar-refractivity contribution in [1.29, 1.82) is 0 Å². The zero-order valence-corrected chi connectivity index (χ0v) is 19.5. The number of rotatable bonds is 6. The number of pyridine rings is 2. The number of ether oxygens (including phenoxy) is 1. The molecule has 4 rings (SSSR count). The molecule has 0 unspecified atom stereocenters. The third kappa shape index (κ3) is 6.18. The van der Waals surface area contributed by atoms with Gasteiger partial charge >= 0.3 is 0 Å². The molecule has 0 aromatic carbocycles. The zero-order chi connectivity index (χ0) is 21.8. The average Bonchev–Trinajstić information content (AvgIpc) is 2.75. The molecule has 0 amide bonds. The highest BCUT2D eigenvalue weighted by molar-refractivity contribution is 6.33. The highest BCUT2D eigenvalue weighted by atomic mass is 35.5. The lowest BCUT2D eigenvalue weighted by molar-refractivity contribution is -0.0699. The normalized spacial score (nSPS) is 25.9.